The van der Waals surface area contributed by atoms with Gasteiger partial charge in [-0.25, -0.2) is 4.98 Å². The van der Waals surface area contributed by atoms with Gasteiger partial charge in [0, 0.05) is 10.6 Å². The van der Waals surface area contributed by atoms with E-state index in [1.807, 2.05) is 24.3 Å². The van der Waals surface area contributed by atoms with Crippen molar-refractivity contribution in [2.75, 3.05) is 17.7 Å². The Kier molecular flexibility index (Phi) is 4.53. The molecule has 0 atom stereocenters. The van der Waals surface area contributed by atoms with Gasteiger partial charge in [0.15, 0.2) is 5.82 Å². The van der Waals surface area contributed by atoms with Crippen LogP contribution in [0.25, 0.3) is 0 Å². The number of hydrogen-bond donors (Lipinski definition) is 2. The van der Waals surface area contributed by atoms with Crippen molar-refractivity contribution in [3.8, 4) is 0 Å². The largest absolute Gasteiger partial charge is 0.372 e. The number of nitrogens with one attached hydrogen (secondary N) is 2. The highest BCUT2D eigenvalue weighted by Crippen LogP contribution is 2.31. The molecule has 0 fully saturated rings. The predicted molar refractivity (Wildman–Crippen MR) is 86.2 cm³/mol. The molecular formula is C12H10Cl2IN3. The van der Waals surface area contributed by atoms with Crippen LogP contribution in [0.15, 0.2) is 30.3 Å². The van der Waals surface area contributed by atoms with Crippen LogP contribution in [-0.2, 0) is 0 Å². The number of pyridine rings is 1. The fourth-order valence-corrected chi connectivity index (χ4v) is 2.44. The average Bonchev–Trinajstić information content (AvgIpc) is 2.35. The first kappa shape index (κ1) is 13.7. The van der Waals surface area contributed by atoms with Crippen molar-refractivity contribution in [2.45, 2.75) is 0 Å². The maximum Gasteiger partial charge on any atom is 0.151 e. The SMILES string of the molecule is CNc1nc(Nc2ccccc2I)c(Cl)cc1Cl. The van der Waals surface area contributed by atoms with E-state index in [0.29, 0.717) is 21.7 Å². The van der Waals surface area contributed by atoms with Gasteiger partial charge in [0.2, 0.25) is 0 Å². The molecule has 3 nitrogen and oxygen atoms in total. The van der Waals surface area contributed by atoms with Crippen LogP contribution >= 0.6 is 45.8 Å². The second-order valence-electron chi connectivity index (χ2n) is 3.50. The molecule has 0 spiro atoms. The van der Waals surface area contributed by atoms with Crippen LogP contribution in [-0.4, -0.2) is 12.0 Å². The van der Waals surface area contributed by atoms with Gasteiger partial charge in [-0.1, -0.05) is 35.3 Å². The number of halogens is 3. The first-order chi connectivity index (χ1) is 8.61. The molecule has 18 heavy (non-hydrogen) atoms. The van der Waals surface area contributed by atoms with Gasteiger partial charge in [0.1, 0.15) is 5.82 Å². The molecule has 2 N–H and O–H groups in total. The minimum absolute atomic E-state index is 0.485. The van der Waals surface area contributed by atoms with E-state index in [9.17, 15) is 0 Å². The molecule has 1 heterocycles. The number of hydrogen-bond acceptors (Lipinski definition) is 3. The van der Waals surface area contributed by atoms with Crippen LogP contribution in [0, 0.1) is 3.57 Å². The first-order valence-corrected chi connectivity index (χ1v) is 7.00. The zero-order valence-corrected chi connectivity index (χ0v) is 13.1. The van der Waals surface area contributed by atoms with Crippen molar-refractivity contribution in [1.29, 1.82) is 0 Å². The Bertz CT molecular complexity index is 575. The quantitative estimate of drug-likeness (QED) is 0.737. The maximum absolute atomic E-state index is 6.12. The highest BCUT2D eigenvalue weighted by atomic mass is 127. The van der Waals surface area contributed by atoms with Gasteiger partial charge in [0.25, 0.3) is 0 Å². The summed E-state index contributed by atoms with van der Waals surface area (Å²) in [5.41, 5.74) is 0.955. The van der Waals surface area contributed by atoms with Crippen LogP contribution in [0.1, 0.15) is 0 Å². The Morgan fingerprint density at radius 2 is 1.78 bits per heavy atom. The second kappa shape index (κ2) is 5.95. The monoisotopic (exact) mass is 393 g/mol. The average molecular weight is 394 g/mol. The molecule has 0 unspecified atom stereocenters. The normalized spacial score (nSPS) is 10.2. The molecular weight excluding hydrogens is 384 g/mol. The molecule has 0 saturated heterocycles. The van der Waals surface area contributed by atoms with E-state index in [0.717, 1.165) is 9.26 Å². The summed E-state index contributed by atoms with van der Waals surface area (Å²) in [6, 6.07) is 9.56. The van der Waals surface area contributed by atoms with Crippen LogP contribution in [0.2, 0.25) is 10.0 Å². The topological polar surface area (TPSA) is 37.0 Å². The molecule has 6 heteroatoms. The van der Waals surface area contributed by atoms with E-state index < -0.39 is 0 Å². The fourth-order valence-electron chi connectivity index (χ4n) is 1.42. The fraction of sp³-hybridized carbons (Fsp3) is 0.0833. The number of aromatic nitrogens is 1. The second-order valence-corrected chi connectivity index (χ2v) is 5.48. The summed E-state index contributed by atoms with van der Waals surface area (Å²) in [6.07, 6.45) is 0. The summed E-state index contributed by atoms with van der Waals surface area (Å²) < 4.78 is 1.09. The molecule has 1 aromatic heterocycles. The third-order valence-electron chi connectivity index (χ3n) is 2.29. The molecule has 1 aromatic carbocycles. The molecule has 0 aliphatic heterocycles. The van der Waals surface area contributed by atoms with Crippen LogP contribution in [0.4, 0.5) is 17.3 Å². The zero-order chi connectivity index (χ0) is 13.1. The van der Waals surface area contributed by atoms with Gasteiger partial charge in [-0.2, -0.15) is 0 Å². The lowest BCUT2D eigenvalue weighted by atomic mass is 10.3. The summed E-state index contributed by atoms with van der Waals surface area (Å²) >= 11 is 14.4. The lowest BCUT2D eigenvalue weighted by molar-refractivity contribution is 1.27. The molecule has 0 amide bonds. The van der Waals surface area contributed by atoms with E-state index in [2.05, 4.69) is 38.2 Å². The molecule has 0 saturated carbocycles. The molecule has 0 aliphatic rings. The number of nitrogens with zero attached hydrogens (tertiary/aromatic N) is 1. The lowest BCUT2D eigenvalue weighted by Gasteiger charge is -2.11. The highest BCUT2D eigenvalue weighted by molar-refractivity contribution is 14.1. The summed E-state index contributed by atoms with van der Waals surface area (Å²) in [7, 11) is 1.76. The smallest absolute Gasteiger partial charge is 0.151 e. The van der Waals surface area contributed by atoms with Crippen molar-refractivity contribution in [3.05, 3.63) is 43.9 Å². The molecule has 0 bridgehead atoms. The van der Waals surface area contributed by atoms with Gasteiger partial charge in [-0.3, -0.25) is 0 Å². The van der Waals surface area contributed by atoms with E-state index in [1.165, 1.54) is 0 Å². The van der Waals surface area contributed by atoms with Gasteiger partial charge < -0.3 is 10.6 Å². The lowest BCUT2D eigenvalue weighted by Crippen LogP contribution is -2.00. The molecule has 0 aliphatic carbocycles. The molecule has 2 aromatic rings. The summed E-state index contributed by atoms with van der Waals surface area (Å²) in [5.74, 6) is 1.17. The highest BCUT2D eigenvalue weighted by Gasteiger charge is 2.09. The first-order valence-electron chi connectivity index (χ1n) is 5.17. The number of rotatable bonds is 3. The van der Waals surface area contributed by atoms with E-state index in [4.69, 9.17) is 23.2 Å². The number of benzene rings is 1. The predicted octanol–water partition coefficient (Wildman–Crippen LogP) is 4.78. The minimum atomic E-state index is 0.485. The van der Waals surface area contributed by atoms with Crippen molar-refractivity contribution < 1.29 is 0 Å². The third-order valence-corrected chi connectivity index (χ3v) is 3.81. The van der Waals surface area contributed by atoms with Crippen molar-refractivity contribution in [2.24, 2.45) is 0 Å². The summed E-state index contributed by atoms with van der Waals surface area (Å²) in [5, 5.41) is 7.09. The van der Waals surface area contributed by atoms with Crippen molar-refractivity contribution in [3.63, 3.8) is 0 Å². The van der Waals surface area contributed by atoms with Gasteiger partial charge in [0.05, 0.1) is 15.7 Å². The number of anilines is 3. The van der Waals surface area contributed by atoms with Crippen LogP contribution < -0.4 is 10.6 Å². The number of para-hydroxylation sites is 1. The Hall–Kier alpha value is -0.720. The maximum atomic E-state index is 6.12. The zero-order valence-electron chi connectivity index (χ0n) is 9.47. The van der Waals surface area contributed by atoms with E-state index in [-0.39, 0.29) is 0 Å². The Balaban J connectivity index is 2.38. The van der Waals surface area contributed by atoms with E-state index >= 15 is 0 Å². The molecule has 2 rings (SSSR count). The summed E-state index contributed by atoms with van der Waals surface area (Å²) in [6.45, 7) is 0. The van der Waals surface area contributed by atoms with Crippen molar-refractivity contribution in [1.82, 2.24) is 4.98 Å². The molecule has 94 valence electrons. The van der Waals surface area contributed by atoms with Crippen molar-refractivity contribution >= 4 is 63.1 Å². The van der Waals surface area contributed by atoms with Gasteiger partial charge in [-0.15, -0.1) is 0 Å². The van der Waals surface area contributed by atoms with Crippen LogP contribution in [0.5, 0.6) is 0 Å². The van der Waals surface area contributed by atoms with Gasteiger partial charge >= 0.3 is 0 Å². The van der Waals surface area contributed by atoms with E-state index in [1.54, 1.807) is 13.1 Å². The Morgan fingerprint density at radius 1 is 1.11 bits per heavy atom. The van der Waals surface area contributed by atoms with Crippen LogP contribution in [0.3, 0.4) is 0 Å². The summed E-state index contributed by atoms with van der Waals surface area (Å²) in [4.78, 5) is 4.34. The Morgan fingerprint density at radius 3 is 2.44 bits per heavy atom. The van der Waals surface area contributed by atoms with Gasteiger partial charge in [-0.05, 0) is 40.8 Å². The molecule has 0 radical (unpaired) electrons. The third kappa shape index (κ3) is 2.99. The standard InChI is InChI=1S/C12H10Cl2IN3/c1-16-11-7(13)6-8(14)12(18-11)17-10-5-3-2-4-9(10)15/h2-6H,1H3,(H2,16,17,18). The minimum Gasteiger partial charge on any atom is -0.372 e. The Labute approximate surface area is 129 Å².